The van der Waals surface area contributed by atoms with E-state index < -0.39 is 0 Å². The molecule has 0 spiro atoms. The van der Waals surface area contributed by atoms with E-state index in [-0.39, 0.29) is 11.9 Å². The number of carbonyl (C=O) groups excluding carboxylic acids is 1. The Balaban J connectivity index is 2.46. The highest BCUT2D eigenvalue weighted by molar-refractivity contribution is 5.79. The molecule has 1 unspecified atom stereocenters. The zero-order valence-electron chi connectivity index (χ0n) is 9.69. The van der Waals surface area contributed by atoms with Gasteiger partial charge in [0.05, 0.1) is 12.6 Å². The van der Waals surface area contributed by atoms with Gasteiger partial charge in [0.15, 0.2) is 0 Å². The Morgan fingerprint density at radius 3 is 2.44 bits per heavy atom. The summed E-state index contributed by atoms with van der Waals surface area (Å²) < 4.78 is 5.02. The lowest BCUT2D eigenvalue weighted by Gasteiger charge is -2.10. The van der Waals surface area contributed by atoms with Crippen LogP contribution in [-0.2, 0) is 22.7 Å². The molecule has 3 N–H and O–H groups in total. The van der Waals surface area contributed by atoms with Gasteiger partial charge in [-0.1, -0.05) is 24.3 Å². The lowest BCUT2D eigenvalue weighted by molar-refractivity contribution is -0.119. The number of ether oxygens (including phenoxy) is 1. The Labute approximate surface area is 95.8 Å². The maximum atomic E-state index is 10.8. The Kier molecular flexibility index (Phi) is 4.95. The molecule has 0 saturated heterocycles. The fourth-order valence-electron chi connectivity index (χ4n) is 1.29. The second-order valence-corrected chi connectivity index (χ2v) is 3.75. The first-order valence-electron chi connectivity index (χ1n) is 5.23. The summed E-state index contributed by atoms with van der Waals surface area (Å²) in [4.78, 5) is 10.8. The van der Waals surface area contributed by atoms with Crippen LogP contribution >= 0.6 is 0 Å². The van der Waals surface area contributed by atoms with Crippen molar-refractivity contribution in [3.05, 3.63) is 35.4 Å². The minimum Gasteiger partial charge on any atom is -0.380 e. The van der Waals surface area contributed by atoms with Crippen molar-refractivity contribution in [1.29, 1.82) is 0 Å². The van der Waals surface area contributed by atoms with Crippen LogP contribution in [0.4, 0.5) is 0 Å². The minimum absolute atomic E-state index is 0.307. The van der Waals surface area contributed by atoms with Gasteiger partial charge in [-0.2, -0.15) is 0 Å². The first kappa shape index (κ1) is 12.7. The number of nitrogens with two attached hydrogens (primary N) is 1. The summed E-state index contributed by atoms with van der Waals surface area (Å²) in [6.07, 6.45) is 0. The van der Waals surface area contributed by atoms with Crippen molar-refractivity contribution in [3.8, 4) is 0 Å². The highest BCUT2D eigenvalue weighted by Gasteiger charge is 2.06. The molecule has 1 aromatic carbocycles. The van der Waals surface area contributed by atoms with Gasteiger partial charge in [-0.3, -0.25) is 4.79 Å². The lowest BCUT2D eigenvalue weighted by atomic mass is 10.1. The summed E-state index contributed by atoms with van der Waals surface area (Å²) in [5.74, 6) is -0.337. The van der Waals surface area contributed by atoms with Crippen LogP contribution in [0.1, 0.15) is 18.1 Å². The number of hydrogen-bond donors (Lipinski definition) is 2. The van der Waals surface area contributed by atoms with E-state index in [1.165, 1.54) is 0 Å². The minimum atomic E-state index is -0.337. The van der Waals surface area contributed by atoms with E-state index in [1.54, 1.807) is 14.0 Å². The van der Waals surface area contributed by atoms with Crippen molar-refractivity contribution >= 4 is 5.91 Å². The Hall–Kier alpha value is -1.39. The van der Waals surface area contributed by atoms with Crippen LogP contribution in [0.3, 0.4) is 0 Å². The smallest absolute Gasteiger partial charge is 0.234 e. The molecule has 0 aliphatic heterocycles. The van der Waals surface area contributed by atoms with Crippen molar-refractivity contribution in [3.63, 3.8) is 0 Å². The Bertz CT molecular complexity index is 335. The highest BCUT2D eigenvalue weighted by Crippen LogP contribution is 2.05. The molecule has 0 heterocycles. The largest absolute Gasteiger partial charge is 0.380 e. The zero-order valence-corrected chi connectivity index (χ0v) is 9.69. The van der Waals surface area contributed by atoms with E-state index in [0.717, 1.165) is 11.1 Å². The van der Waals surface area contributed by atoms with Crippen LogP contribution < -0.4 is 11.1 Å². The number of carbonyl (C=O) groups is 1. The fourth-order valence-corrected chi connectivity index (χ4v) is 1.29. The Morgan fingerprint density at radius 2 is 1.94 bits per heavy atom. The predicted octanol–water partition coefficient (Wildman–Crippen LogP) is 0.796. The number of primary amides is 1. The molecule has 0 aliphatic rings. The van der Waals surface area contributed by atoms with Crippen molar-refractivity contribution in [2.45, 2.75) is 26.1 Å². The third kappa shape index (κ3) is 4.00. The predicted molar refractivity (Wildman–Crippen MR) is 62.7 cm³/mol. The third-order valence-electron chi connectivity index (χ3n) is 2.37. The second-order valence-electron chi connectivity index (χ2n) is 3.75. The zero-order chi connectivity index (χ0) is 12.0. The van der Waals surface area contributed by atoms with Crippen LogP contribution in [0.25, 0.3) is 0 Å². The molecule has 0 saturated carbocycles. The van der Waals surface area contributed by atoms with E-state index in [4.69, 9.17) is 10.5 Å². The van der Waals surface area contributed by atoms with Gasteiger partial charge in [-0.25, -0.2) is 0 Å². The van der Waals surface area contributed by atoms with Gasteiger partial charge in [0, 0.05) is 13.7 Å². The monoisotopic (exact) mass is 222 g/mol. The summed E-state index contributed by atoms with van der Waals surface area (Å²) in [6, 6.07) is 7.73. The Morgan fingerprint density at radius 1 is 1.38 bits per heavy atom. The molecule has 0 aliphatic carbocycles. The summed E-state index contributed by atoms with van der Waals surface area (Å²) in [5.41, 5.74) is 7.40. The molecule has 0 radical (unpaired) electrons. The van der Waals surface area contributed by atoms with E-state index in [0.29, 0.717) is 13.2 Å². The molecule has 16 heavy (non-hydrogen) atoms. The average molecular weight is 222 g/mol. The van der Waals surface area contributed by atoms with Crippen LogP contribution in [0.2, 0.25) is 0 Å². The molecule has 0 bridgehead atoms. The SMILES string of the molecule is COCc1ccc(CNC(C)C(N)=O)cc1. The molecule has 4 heteroatoms. The summed E-state index contributed by atoms with van der Waals surface area (Å²) in [7, 11) is 1.67. The molecule has 4 nitrogen and oxygen atoms in total. The normalized spacial score (nSPS) is 12.4. The van der Waals surface area contributed by atoms with E-state index in [2.05, 4.69) is 5.32 Å². The molecule has 0 aromatic heterocycles. The number of hydrogen-bond acceptors (Lipinski definition) is 3. The van der Waals surface area contributed by atoms with Gasteiger partial charge in [-0.15, -0.1) is 0 Å². The molecule has 88 valence electrons. The average Bonchev–Trinajstić information content (AvgIpc) is 2.28. The molecule has 1 aromatic rings. The number of benzene rings is 1. The molecule has 1 atom stereocenters. The number of rotatable bonds is 6. The van der Waals surface area contributed by atoms with Crippen LogP contribution in [-0.4, -0.2) is 19.1 Å². The van der Waals surface area contributed by atoms with Crippen LogP contribution in [0.5, 0.6) is 0 Å². The first-order chi connectivity index (χ1) is 7.63. The standard InChI is InChI=1S/C12H18N2O2/c1-9(12(13)15)14-7-10-3-5-11(6-4-10)8-16-2/h3-6,9,14H,7-8H2,1-2H3,(H2,13,15). The molecule has 1 rings (SSSR count). The van der Waals surface area contributed by atoms with Gasteiger partial charge in [0.25, 0.3) is 0 Å². The number of amides is 1. The van der Waals surface area contributed by atoms with Gasteiger partial charge >= 0.3 is 0 Å². The van der Waals surface area contributed by atoms with Crippen molar-refractivity contribution in [2.75, 3.05) is 7.11 Å². The topological polar surface area (TPSA) is 64.3 Å². The maximum absolute atomic E-state index is 10.8. The van der Waals surface area contributed by atoms with Crippen LogP contribution in [0, 0.1) is 0 Å². The van der Waals surface area contributed by atoms with Crippen molar-refractivity contribution in [2.24, 2.45) is 5.73 Å². The van der Waals surface area contributed by atoms with E-state index in [1.807, 2.05) is 24.3 Å². The second kappa shape index (κ2) is 6.25. The quantitative estimate of drug-likeness (QED) is 0.748. The number of methoxy groups -OCH3 is 1. The van der Waals surface area contributed by atoms with E-state index >= 15 is 0 Å². The third-order valence-corrected chi connectivity index (χ3v) is 2.37. The highest BCUT2D eigenvalue weighted by atomic mass is 16.5. The van der Waals surface area contributed by atoms with Gasteiger partial charge in [0.2, 0.25) is 5.91 Å². The van der Waals surface area contributed by atoms with Gasteiger partial charge in [0.1, 0.15) is 0 Å². The van der Waals surface area contributed by atoms with Crippen molar-refractivity contribution < 1.29 is 9.53 Å². The van der Waals surface area contributed by atoms with Crippen molar-refractivity contribution in [1.82, 2.24) is 5.32 Å². The summed E-state index contributed by atoms with van der Waals surface area (Å²) >= 11 is 0. The fraction of sp³-hybridized carbons (Fsp3) is 0.417. The molecular formula is C12H18N2O2. The van der Waals surface area contributed by atoms with Crippen LogP contribution in [0.15, 0.2) is 24.3 Å². The molecular weight excluding hydrogens is 204 g/mol. The van der Waals surface area contributed by atoms with Gasteiger partial charge in [-0.05, 0) is 18.1 Å². The van der Waals surface area contributed by atoms with E-state index in [9.17, 15) is 4.79 Å². The number of nitrogens with one attached hydrogen (secondary N) is 1. The molecule has 1 amide bonds. The first-order valence-corrected chi connectivity index (χ1v) is 5.23. The summed E-state index contributed by atoms with van der Waals surface area (Å²) in [5, 5.41) is 3.04. The maximum Gasteiger partial charge on any atom is 0.234 e. The lowest BCUT2D eigenvalue weighted by Crippen LogP contribution is -2.38. The molecule has 0 fully saturated rings. The van der Waals surface area contributed by atoms with Gasteiger partial charge < -0.3 is 15.8 Å². The summed E-state index contributed by atoms with van der Waals surface area (Å²) in [6.45, 7) is 3.00.